The van der Waals surface area contributed by atoms with Crippen LogP contribution in [0.5, 0.6) is 0 Å². The molecule has 0 radical (unpaired) electrons. The van der Waals surface area contributed by atoms with Crippen molar-refractivity contribution in [3.8, 4) is 5.69 Å². The third kappa shape index (κ3) is 4.23. The van der Waals surface area contributed by atoms with E-state index in [4.69, 9.17) is 4.74 Å². The first-order valence-electron chi connectivity index (χ1n) is 8.73. The molecule has 3 rings (SSSR count). The summed E-state index contributed by atoms with van der Waals surface area (Å²) in [6.45, 7) is 5.69. The van der Waals surface area contributed by atoms with Crippen molar-refractivity contribution in [3.63, 3.8) is 0 Å². The predicted octanol–water partition coefficient (Wildman–Crippen LogP) is 3.47. The molecule has 0 aliphatic carbocycles. The Bertz CT molecular complexity index is 1100. The summed E-state index contributed by atoms with van der Waals surface area (Å²) in [6, 6.07) is 13.5. The fourth-order valence-corrected chi connectivity index (χ4v) is 4.06. The maximum absolute atomic E-state index is 12.6. The van der Waals surface area contributed by atoms with Gasteiger partial charge in [0, 0.05) is 11.9 Å². The number of ether oxygens (including phenoxy) is 1. The van der Waals surface area contributed by atoms with Gasteiger partial charge in [-0.1, -0.05) is 17.7 Å². The summed E-state index contributed by atoms with van der Waals surface area (Å²) in [5.74, 6) is -0.487. The number of carbonyl (C=O) groups is 1. The van der Waals surface area contributed by atoms with E-state index in [1.807, 2.05) is 13.0 Å². The molecular formula is C20H21N3O4S. The lowest BCUT2D eigenvalue weighted by Crippen LogP contribution is -2.14. The van der Waals surface area contributed by atoms with Gasteiger partial charge in [0.1, 0.15) is 0 Å². The van der Waals surface area contributed by atoms with Crippen molar-refractivity contribution in [2.75, 3.05) is 11.3 Å². The van der Waals surface area contributed by atoms with Gasteiger partial charge in [0.2, 0.25) is 0 Å². The number of nitrogens with one attached hydrogen (secondary N) is 1. The smallest absolute Gasteiger partial charge is 0.358 e. The van der Waals surface area contributed by atoms with Crippen LogP contribution in [0.1, 0.15) is 28.5 Å². The SMILES string of the molecule is CCOC(=O)c1ccn(-c2ccc(NS(=O)(=O)c3ccc(C)cc3C)cc2)n1. The van der Waals surface area contributed by atoms with E-state index < -0.39 is 16.0 Å². The lowest BCUT2D eigenvalue weighted by molar-refractivity contribution is 0.0519. The lowest BCUT2D eigenvalue weighted by atomic mass is 10.2. The van der Waals surface area contributed by atoms with Gasteiger partial charge < -0.3 is 4.74 Å². The molecule has 0 fully saturated rings. The maximum Gasteiger partial charge on any atom is 0.358 e. The minimum absolute atomic E-state index is 0.210. The number of rotatable bonds is 6. The summed E-state index contributed by atoms with van der Waals surface area (Å²) in [7, 11) is -3.69. The van der Waals surface area contributed by atoms with E-state index in [-0.39, 0.29) is 17.2 Å². The summed E-state index contributed by atoms with van der Waals surface area (Å²) < 4.78 is 34.3. The summed E-state index contributed by atoms with van der Waals surface area (Å²) in [5, 5.41) is 4.17. The van der Waals surface area contributed by atoms with Crippen LogP contribution < -0.4 is 4.72 Å². The van der Waals surface area contributed by atoms with Gasteiger partial charge in [0.25, 0.3) is 10.0 Å². The molecule has 0 aliphatic heterocycles. The highest BCUT2D eigenvalue weighted by molar-refractivity contribution is 7.92. The zero-order chi connectivity index (χ0) is 20.3. The number of anilines is 1. The van der Waals surface area contributed by atoms with Crippen molar-refractivity contribution in [2.24, 2.45) is 0 Å². The van der Waals surface area contributed by atoms with Gasteiger partial charge in [0.15, 0.2) is 5.69 Å². The molecule has 0 spiro atoms. The van der Waals surface area contributed by atoms with Crippen molar-refractivity contribution in [1.29, 1.82) is 0 Å². The second kappa shape index (κ2) is 7.85. The van der Waals surface area contributed by atoms with E-state index in [0.29, 0.717) is 16.9 Å². The standard InChI is InChI=1S/C20H21N3O4S/c1-4-27-20(24)18-11-12-23(21-18)17-8-6-16(7-9-17)22-28(25,26)19-10-5-14(2)13-15(19)3/h5-13,22H,4H2,1-3H3. The number of esters is 1. The highest BCUT2D eigenvalue weighted by Gasteiger charge is 2.17. The number of hydrogen-bond acceptors (Lipinski definition) is 5. The molecule has 28 heavy (non-hydrogen) atoms. The third-order valence-corrected chi connectivity index (χ3v) is 5.62. The topological polar surface area (TPSA) is 90.3 Å². The van der Waals surface area contributed by atoms with E-state index in [0.717, 1.165) is 5.56 Å². The van der Waals surface area contributed by atoms with Crippen molar-refractivity contribution < 1.29 is 17.9 Å². The van der Waals surface area contributed by atoms with Crippen LogP contribution in [-0.2, 0) is 14.8 Å². The number of benzene rings is 2. The first-order chi connectivity index (χ1) is 13.3. The second-order valence-electron chi connectivity index (χ2n) is 6.29. The molecule has 0 amide bonds. The van der Waals surface area contributed by atoms with E-state index in [1.54, 1.807) is 62.5 Å². The number of aryl methyl sites for hydroxylation is 2. The summed E-state index contributed by atoms with van der Waals surface area (Å²) in [4.78, 5) is 12.0. The highest BCUT2D eigenvalue weighted by atomic mass is 32.2. The Morgan fingerprint density at radius 3 is 2.46 bits per heavy atom. The largest absolute Gasteiger partial charge is 0.461 e. The number of aromatic nitrogens is 2. The van der Waals surface area contributed by atoms with Crippen LogP contribution in [0.25, 0.3) is 5.69 Å². The molecule has 7 nitrogen and oxygen atoms in total. The zero-order valence-corrected chi connectivity index (χ0v) is 16.7. The van der Waals surface area contributed by atoms with Crippen LogP contribution in [0.3, 0.4) is 0 Å². The molecule has 1 N–H and O–H groups in total. The molecule has 2 aromatic carbocycles. The van der Waals surface area contributed by atoms with Crippen molar-refractivity contribution in [3.05, 3.63) is 71.5 Å². The Hall–Kier alpha value is -3.13. The van der Waals surface area contributed by atoms with Gasteiger partial charge in [-0.05, 0) is 62.7 Å². The van der Waals surface area contributed by atoms with Crippen molar-refractivity contribution in [2.45, 2.75) is 25.7 Å². The van der Waals surface area contributed by atoms with Gasteiger partial charge in [0.05, 0.1) is 17.2 Å². The Kier molecular flexibility index (Phi) is 5.51. The van der Waals surface area contributed by atoms with Gasteiger partial charge in [-0.15, -0.1) is 0 Å². The molecular weight excluding hydrogens is 378 g/mol. The molecule has 8 heteroatoms. The Morgan fingerprint density at radius 1 is 1.11 bits per heavy atom. The number of nitrogens with zero attached hydrogens (tertiary/aromatic N) is 2. The molecule has 0 saturated heterocycles. The Balaban J connectivity index is 1.78. The first-order valence-corrected chi connectivity index (χ1v) is 10.2. The van der Waals surface area contributed by atoms with E-state index in [2.05, 4.69) is 9.82 Å². The minimum Gasteiger partial charge on any atom is -0.461 e. The summed E-state index contributed by atoms with van der Waals surface area (Å²) in [6.07, 6.45) is 1.64. The summed E-state index contributed by atoms with van der Waals surface area (Å²) >= 11 is 0. The van der Waals surface area contributed by atoms with Crippen molar-refractivity contribution in [1.82, 2.24) is 9.78 Å². The van der Waals surface area contributed by atoms with Gasteiger partial charge in [-0.3, -0.25) is 4.72 Å². The second-order valence-corrected chi connectivity index (χ2v) is 7.94. The number of hydrogen-bond donors (Lipinski definition) is 1. The fourth-order valence-electron chi connectivity index (χ4n) is 2.77. The number of carbonyl (C=O) groups excluding carboxylic acids is 1. The Morgan fingerprint density at radius 2 is 1.82 bits per heavy atom. The van der Waals surface area contributed by atoms with Crippen LogP contribution >= 0.6 is 0 Å². The van der Waals surface area contributed by atoms with E-state index in [1.165, 1.54) is 4.68 Å². The molecule has 0 saturated carbocycles. The highest BCUT2D eigenvalue weighted by Crippen LogP contribution is 2.21. The molecule has 1 heterocycles. The molecule has 1 aromatic heterocycles. The molecule has 0 bridgehead atoms. The zero-order valence-electron chi connectivity index (χ0n) is 15.8. The predicted molar refractivity (Wildman–Crippen MR) is 106 cm³/mol. The third-order valence-electron chi connectivity index (χ3n) is 4.08. The monoisotopic (exact) mass is 399 g/mol. The van der Waals surface area contributed by atoms with Crippen LogP contribution in [0.4, 0.5) is 5.69 Å². The summed E-state index contributed by atoms with van der Waals surface area (Å²) in [5.41, 5.74) is 3.02. The first kappa shape index (κ1) is 19.6. The molecule has 0 atom stereocenters. The molecule has 0 aliphatic rings. The molecule has 146 valence electrons. The molecule has 3 aromatic rings. The number of sulfonamides is 1. The van der Waals surface area contributed by atoms with E-state index >= 15 is 0 Å². The van der Waals surface area contributed by atoms with Crippen molar-refractivity contribution >= 4 is 21.7 Å². The van der Waals surface area contributed by atoms with Crippen LogP contribution in [0.15, 0.2) is 59.6 Å². The minimum atomic E-state index is -3.69. The van der Waals surface area contributed by atoms with Gasteiger partial charge in [-0.2, -0.15) is 5.10 Å². The molecule has 0 unspecified atom stereocenters. The average Bonchev–Trinajstić information content (AvgIpc) is 3.12. The van der Waals surface area contributed by atoms with Crippen LogP contribution in [0, 0.1) is 13.8 Å². The van der Waals surface area contributed by atoms with E-state index in [9.17, 15) is 13.2 Å². The van der Waals surface area contributed by atoms with Gasteiger partial charge in [-0.25, -0.2) is 17.9 Å². The normalized spacial score (nSPS) is 11.2. The average molecular weight is 399 g/mol. The Labute approximate surface area is 164 Å². The van der Waals surface area contributed by atoms with Crippen LogP contribution in [0.2, 0.25) is 0 Å². The van der Waals surface area contributed by atoms with Gasteiger partial charge >= 0.3 is 5.97 Å². The van der Waals surface area contributed by atoms with Crippen LogP contribution in [-0.4, -0.2) is 30.8 Å². The fraction of sp³-hybridized carbons (Fsp3) is 0.200. The lowest BCUT2D eigenvalue weighted by Gasteiger charge is -2.11. The quantitative estimate of drug-likeness (QED) is 0.641. The maximum atomic E-state index is 12.6.